The Morgan fingerprint density at radius 1 is 1.21 bits per heavy atom. The highest BCUT2D eigenvalue weighted by Gasteiger charge is 2.08. The largest absolute Gasteiger partial charge is 0.462 e. The summed E-state index contributed by atoms with van der Waals surface area (Å²) in [6.45, 7) is 5.56. The number of nitriles is 1. The van der Waals surface area contributed by atoms with Crippen LogP contribution in [0.3, 0.4) is 0 Å². The number of hydrogen-bond donors (Lipinski definition) is 0. The van der Waals surface area contributed by atoms with Crippen molar-refractivity contribution in [3.8, 4) is 24.7 Å². The lowest BCUT2D eigenvalue weighted by atomic mass is 10.1. The fourth-order valence-electron chi connectivity index (χ4n) is 1.58. The van der Waals surface area contributed by atoms with Gasteiger partial charge < -0.3 is 9.47 Å². The van der Waals surface area contributed by atoms with E-state index in [0.717, 1.165) is 11.3 Å². The van der Waals surface area contributed by atoms with Crippen LogP contribution in [0.4, 0.5) is 0 Å². The second kappa shape index (κ2) is 12.3. The second-order valence-corrected chi connectivity index (χ2v) is 4.49. The van der Waals surface area contributed by atoms with Gasteiger partial charge in [-0.25, -0.2) is 4.79 Å². The van der Waals surface area contributed by atoms with Crippen LogP contribution in [0.1, 0.15) is 20.8 Å². The standard InChI is InChI=1S/C18H19NO3.C2H2/c1-4-21-18(20)16(13-19)12-14(2)10-11-15(3)22-17-8-6-5-7-9-17;1-2/h5-12H,4H2,1-3H3;1-2H/b14-10+,15-11+,16-12+;. The van der Waals surface area contributed by atoms with Crippen molar-refractivity contribution in [1.29, 1.82) is 5.26 Å². The van der Waals surface area contributed by atoms with Gasteiger partial charge in [0.05, 0.1) is 6.61 Å². The molecule has 0 aliphatic carbocycles. The number of hydrogen-bond acceptors (Lipinski definition) is 4. The lowest BCUT2D eigenvalue weighted by Crippen LogP contribution is -2.06. The summed E-state index contributed by atoms with van der Waals surface area (Å²) in [5.41, 5.74) is 0.728. The number of ether oxygens (including phenoxy) is 2. The summed E-state index contributed by atoms with van der Waals surface area (Å²) >= 11 is 0. The van der Waals surface area contributed by atoms with Crippen molar-refractivity contribution in [2.45, 2.75) is 20.8 Å². The van der Waals surface area contributed by atoms with E-state index in [9.17, 15) is 4.79 Å². The molecule has 0 radical (unpaired) electrons. The molecule has 24 heavy (non-hydrogen) atoms. The van der Waals surface area contributed by atoms with Gasteiger partial charge in [-0.1, -0.05) is 24.3 Å². The lowest BCUT2D eigenvalue weighted by Gasteiger charge is -2.04. The van der Waals surface area contributed by atoms with Gasteiger partial charge in [0.25, 0.3) is 0 Å². The highest BCUT2D eigenvalue weighted by Crippen LogP contribution is 2.13. The molecule has 0 amide bonds. The molecule has 0 bridgehead atoms. The molecule has 0 spiro atoms. The minimum absolute atomic E-state index is 0.0226. The van der Waals surface area contributed by atoms with Crippen molar-refractivity contribution < 1.29 is 14.3 Å². The summed E-state index contributed by atoms with van der Waals surface area (Å²) in [7, 11) is 0. The first-order chi connectivity index (χ1) is 11.6. The fourth-order valence-corrected chi connectivity index (χ4v) is 1.58. The zero-order valence-electron chi connectivity index (χ0n) is 14.2. The Bertz CT molecular complexity index is 674. The maximum atomic E-state index is 11.5. The van der Waals surface area contributed by atoms with Crippen molar-refractivity contribution in [3.05, 3.63) is 65.5 Å². The van der Waals surface area contributed by atoms with Crippen LogP contribution in [0.15, 0.2) is 65.5 Å². The van der Waals surface area contributed by atoms with E-state index in [0.29, 0.717) is 5.76 Å². The van der Waals surface area contributed by atoms with Gasteiger partial charge in [-0.3, -0.25) is 0 Å². The lowest BCUT2D eigenvalue weighted by molar-refractivity contribution is -0.138. The zero-order chi connectivity index (χ0) is 18.4. The van der Waals surface area contributed by atoms with E-state index in [1.807, 2.05) is 43.3 Å². The quantitative estimate of drug-likeness (QED) is 0.197. The zero-order valence-corrected chi connectivity index (χ0v) is 14.2. The molecule has 0 aliphatic heterocycles. The van der Waals surface area contributed by atoms with Crippen LogP contribution in [-0.2, 0) is 9.53 Å². The first kappa shape index (κ1) is 20.8. The molecule has 0 aliphatic rings. The first-order valence-electron chi connectivity index (χ1n) is 7.27. The van der Waals surface area contributed by atoms with E-state index in [-0.39, 0.29) is 12.2 Å². The van der Waals surface area contributed by atoms with Crippen LogP contribution < -0.4 is 4.74 Å². The van der Waals surface area contributed by atoms with E-state index in [4.69, 9.17) is 14.7 Å². The number of rotatable bonds is 6. The van der Waals surface area contributed by atoms with Crippen LogP contribution in [0, 0.1) is 24.2 Å². The Morgan fingerprint density at radius 2 is 1.83 bits per heavy atom. The molecular formula is C20H21NO3. The Labute approximate surface area is 143 Å². The topological polar surface area (TPSA) is 59.3 Å². The maximum absolute atomic E-state index is 11.5. The predicted molar refractivity (Wildman–Crippen MR) is 94.8 cm³/mol. The van der Waals surface area contributed by atoms with Gasteiger partial charge in [0.2, 0.25) is 0 Å². The monoisotopic (exact) mass is 323 g/mol. The molecule has 0 N–H and O–H groups in total. The molecule has 1 aromatic carbocycles. The number of esters is 1. The minimum Gasteiger partial charge on any atom is -0.462 e. The molecule has 0 saturated heterocycles. The second-order valence-electron chi connectivity index (χ2n) is 4.49. The van der Waals surface area contributed by atoms with Crippen LogP contribution in [0.25, 0.3) is 0 Å². The summed E-state index contributed by atoms with van der Waals surface area (Å²) in [6, 6.07) is 11.3. The highest BCUT2D eigenvalue weighted by atomic mass is 16.5. The number of terminal acetylenes is 1. The van der Waals surface area contributed by atoms with Gasteiger partial charge in [0.1, 0.15) is 23.2 Å². The molecule has 1 rings (SSSR count). The summed E-state index contributed by atoms with van der Waals surface area (Å²) < 4.78 is 10.4. The van der Waals surface area contributed by atoms with E-state index in [1.54, 1.807) is 26.0 Å². The van der Waals surface area contributed by atoms with Crippen LogP contribution >= 0.6 is 0 Å². The van der Waals surface area contributed by atoms with Crippen LogP contribution in [0.5, 0.6) is 5.75 Å². The Balaban J connectivity index is 0.00000254. The number of nitrogens with zero attached hydrogens (tertiary/aromatic N) is 1. The molecule has 0 heterocycles. The average Bonchev–Trinajstić information content (AvgIpc) is 2.60. The summed E-state index contributed by atoms with van der Waals surface area (Å²) in [5, 5.41) is 8.96. The van der Waals surface area contributed by atoms with E-state index < -0.39 is 5.97 Å². The normalized spacial score (nSPS) is 11.6. The van der Waals surface area contributed by atoms with Gasteiger partial charge in [-0.05, 0) is 50.6 Å². The Morgan fingerprint density at radius 3 is 2.38 bits per heavy atom. The molecule has 0 saturated carbocycles. The predicted octanol–water partition coefficient (Wildman–Crippen LogP) is 4.18. The minimum atomic E-state index is -0.612. The number of para-hydroxylation sites is 1. The molecule has 0 atom stereocenters. The van der Waals surface area contributed by atoms with E-state index in [2.05, 4.69) is 12.8 Å². The third-order valence-electron chi connectivity index (χ3n) is 2.59. The van der Waals surface area contributed by atoms with Gasteiger partial charge in [0.15, 0.2) is 0 Å². The number of benzene rings is 1. The molecule has 4 heteroatoms. The third kappa shape index (κ3) is 8.26. The summed E-state index contributed by atoms with van der Waals surface area (Å²) in [6.07, 6.45) is 13.0. The Kier molecular flexibility index (Phi) is 10.7. The molecular weight excluding hydrogens is 302 g/mol. The molecule has 0 fully saturated rings. The first-order valence-corrected chi connectivity index (χ1v) is 7.27. The van der Waals surface area contributed by atoms with Crippen molar-refractivity contribution in [1.82, 2.24) is 0 Å². The average molecular weight is 323 g/mol. The van der Waals surface area contributed by atoms with Gasteiger partial charge >= 0.3 is 5.97 Å². The summed E-state index contributed by atoms with van der Waals surface area (Å²) in [4.78, 5) is 11.5. The maximum Gasteiger partial charge on any atom is 0.348 e. The molecule has 1 aromatic rings. The van der Waals surface area contributed by atoms with Crippen LogP contribution in [-0.4, -0.2) is 12.6 Å². The SMILES string of the molecule is C#C.CCOC(=O)/C(C#N)=C/C(C)=C/C=C(\C)Oc1ccccc1. The molecule has 0 unspecified atom stereocenters. The number of carbonyl (C=O) groups is 1. The highest BCUT2D eigenvalue weighted by molar-refractivity contribution is 5.93. The molecule has 4 nitrogen and oxygen atoms in total. The summed E-state index contributed by atoms with van der Waals surface area (Å²) in [5.74, 6) is 0.842. The van der Waals surface area contributed by atoms with Crippen molar-refractivity contribution in [3.63, 3.8) is 0 Å². The third-order valence-corrected chi connectivity index (χ3v) is 2.59. The van der Waals surface area contributed by atoms with Crippen molar-refractivity contribution in [2.24, 2.45) is 0 Å². The van der Waals surface area contributed by atoms with Gasteiger partial charge in [-0.2, -0.15) is 5.26 Å². The van der Waals surface area contributed by atoms with E-state index in [1.165, 1.54) is 6.08 Å². The van der Waals surface area contributed by atoms with E-state index >= 15 is 0 Å². The smallest absolute Gasteiger partial charge is 0.348 e. The number of carbonyl (C=O) groups excluding carboxylic acids is 1. The van der Waals surface area contributed by atoms with Crippen molar-refractivity contribution in [2.75, 3.05) is 6.61 Å². The van der Waals surface area contributed by atoms with Crippen molar-refractivity contribution >= 4 is 5.97 Å². The van der Waals surface area contributed by atoms with Gasteiger partial charge in [0, 0.05) is 0 Å². The Hall–Kier alpha value is -3.24. The molecule has 124 valence electrons. The van der Waals surface area contributed by atoms with Crippen LogP contribution in [0.2, 0.25) is 0 Å². The number of allylic oxidation sites excluding steroid dienone is 5. The van der Waals surface area contributed by atoms with Gasteiger partial charge in [-0.15, -0.1) is 12.8 Å². The fraction of sp³-hybridized carbons (Fsp3) is 0.200. The molecule has 0 aromatic heterocycles.